The van der Waals surface area contributed by atoms with E-state index in [1.54, 1.807) is 0 Å². The molecule has 0 radical (unpaired) electrons. The van der Waals surface area contributed by atoms with Crippen molar-refractivity contribution >= 4 is 15.9 Å². The van der Waals surface area contributed by atoms with Crippen LogP contribution in [0.4, 0.5) is 4.39 Å². The third kappa shape index (κ3) is 3.46. The first-order chi connectivity index (χ1) is 6.59. The molecule has 1 aromatic heterocycles. The molecule has 0 bridgehead atoms. The molecule has 0 aliphatic heterocycles. The van der Waals surface area contributed by atoms with Gasteiger partial charge < -0.3 is 4.74 Å². The second-order valence-corrected chi connectivity index (χ2v) is 3.91. The highest BCUT2D eigenvalue weighted by Crippen LogP contribution is 2.18. The van der Waals surface area contributed by atoms with Gasteiger partial charge in [-0.1, -0.05) is 5.57 Å². The second kappa shape index (κ2) is 5.10. The lowest BCUT2D eigenvalue weighted by atomic mass is 10.3. The summed E-state index contributed by atoms with van der Waals surface area (Å²) in [5, 5.41) is 0. The quantitative estimate of drug-likeness (QED) is 0.774. The minimum atomic E-state index is -0.457. The first-order valence-electron chi connectivity index (χ1n) is 4.18. The van der Waals surface area contributed by atoms with Gasteiger partial charge in [-0.05, 0) is 28.9 Å². The van der Waals surface area contributed by atoms with Crippen molar-refractivity contribution in [1.82, 2.24) is 4.98 Å². The maximum absolute atomic E-state index is 13.1. The molecule has 0 fully saturated rings. The van der Waals surface area contributed by atoms with E-state index in [2.05, 4.69) is 27.5 Å². The third-order valence-corrected chi connectivity index (χ3v) is 1.98. The van der Waals surface area contributed by atoms with Gasteiger partial charge in [-0.15, -0.1) is 6.58 Å². The Bertz CT molecular complexity index is 341. The molecule has 0 N–H and O–H groups in total. The molecule has 1 aromatic rings. The molecule has 0 amide bonds. The van der Waals surface area contributed by atoms with E-state index < -0.39 is 5.82 Å². The second-order valence-electron chi connectivity index (χ2n) is 3.00. The van der Waals surface area contributed by atoms with Crippen molar-refractivity contribution in [2.75, 3.05) is 6.61 Å². The smallest absolute Gasteiger partial charge is 0.250 e. The summed E-state index contributed by atoms with van der Waals surface area (Å²) in [6.07, 6.45) is 2.20. The Morgan fingerprint density at radius 1 is 1.71 bits per heavy atom. The van der Waals surface area contributed by atoms with E-state index in [9.17, 15) is 4.39 Å². The van der Waals surface area contributed by atoms with Crippen LogP contribution in [0.25, 0.3) is 0 Å². The lowest BCUT2D eigenvalue weighted by molar-refractivity contribution is 0.292. The Kier molecular flexibility index (Phi) is 4.07. The van der Waals surface area contributed by atoms with Crippen LogP contribution < -0.4 is 4.74 Å². The summed E-state index contributed by atoms with van der Waals surface area (Å²) in [6.45, 7) is 6.02. The fourth-order valence-electron chi connectivity index (χ4n) is 0.830. The molecule has 2 nitrogen and oxygen atoms in total. The topological polar surface area (TPSA) is 22.1 Å². The zero-order chi connectivity index (χ0) is 10.6. The van der Waals surface area contributed by atoms with Crippen LogP contribution in [0.15, 0.2) is 28.9 Å². The molecule has 0 atom stereocenters. The molecular weight excluding hydrogens is 249 g/mol. The van der Waals surface area contributed by atoms with Crippen molar-refractivity contribution in [3.63, 3.8) is 0 Å². The van der Waals surface area contributed by atoms with Crippen molar-refractivity contribution in [2.24, 2.45) is 0 Å². The third-order valence-electron chi connectivity index (χ3n) is 1.54. The Labute approximate surface area is 90.9 Å². The first kappa shape index (κ1) is 11.2. The maximum atomic E-state index is 13.1. The Balaban J connectivity index is 2.55. The minimum absolute atomic E-state index is 0.0365. The number of ether oxygens (including phenoxy) is 1. The van der Waals surface area contributed by atoms with Crippen LogP contribution >= 0.6 is 15.9 Å². The van der Waals surface area contributed by atoms with Crippen molar-refractivity contribution < 1.29 is 9.13 Å². The van der Waals surface area contributed by atoms with Crippen molar-refractivity contribution in [2.45, 2.75) is 13.3 Å². The normalized spacial score (nSPS) is 9.93. The lowest BCUT2D eigenvalue weighted by Crippen LogP contribution is -2.01. The van der Waals surface area contributed by atoms with E-state index in [0.717, 1.165) is 5.57 Å². The molecule has 0 spiro atoms. The fraction of sp³-hybridized carbons (Fsp3) is 0.300. The summed E-state index contributed by atoms with van der Waals surface area (Å²) in [7, 11) is 0. The van der Waals surface area contributed by atoms with Crippen LogP contribution in [0.1, 0.15) is 13.3 Å². The van der Waals surface area contributed by atoms with Crippen LogP contribution in [-0.2, 0) is 0 Å². The fourth-order valence-corrected chi connectivity index (χ4v) is 1.13. The molecular formula is C10H11BrFNO. The van der Waals surface area contributed by atoms with E-state index in [1.165, 1.54) is 12.3 Å². The van der Waals surface area contributed by atoms with Crippen LogP contribution in [0.5, 0.6) is 5.88 Å². The molecule has 1 rings (SSSR count). The van der Waals surface area contributed by atoms with Gasteiger partial charge in [0.2, 0.25) is 5.88 Å². The van der Waals surface area contributed by atoms with Crippen molar-refractivity contribution in [1.29, 1.82) is 0 Å². The SMILES string of the molecule is C=C(C)CCOc1ncc(Br)cc1F. The van der Waals surface area contributed by atoms with Gasteiger partial charge in [0, 0.05) is 17.1 Å². The van der Waals surface area contributed by atoms with E-state index in [4.69, 9.17) is 4.74 Å². The van der Waals surface area contributed by atoms with E-state index in [1.807, 2.05) is 6.92 Å². The molecule has 0 aliphatic rings. The number of rotatable bonds is 4. The van der Waals surface area contributed by atoms with Crippen LogP contribution in [0.2, 0.25) is 0 Å². The van der Waals surface area contributed by atoms with Crippen molar-refractivity contribution in [3.8, 4) is 5.88 Å². The average Bonchev–Trinajstić information content (AvgIpc) is 2.08. The number of aromatic nitrogens is 1. The number of hydrogen-bond acceptors (Lipinski definition) is 2. The Morgan fingerprint density at radius 3 is 3.00 bits per heavy atom. The van der Waals surface area contributed by atoms with Crippen LogP contribution in [-0.4, -0.2) is 11.6 Å². The highest BCUT2D eigenvalue weighted by atomic mass is 79.9. The molecule has 0 saturated heterocycles. The molecule has 14 heavy (non-hydrogen) atoms. The molecule has 0 aromatic carbocycles. The predicted octanol–water partition coefficient (Wildman–Crippen LogP) is 3.33. The highest BCUT2D eigenvalue weighted by Gasteiger charge is 2.04. The summed E-state index contributed by atoms with van der Waals surface area (Å²) in [4.78, 5) is 3.80. The van der Waals surface area contributed by atoms with Gasteiger partial charge in [0.15, 0.2) is 5.82 Å². The summed E-state index contributed by atoms with van der Waals surface area (Å²) < 4.78 is 18.9. The molecule has 0 saturated carbocycles. The van der Waals surface area contributed by atoms with Gasteiger partial charge in [0.25, 0.3) is 0 Å². The van der Waals surface area contributed by atoms with E-state index in [-0.39, 0.29) is 5.88 Å². The molecule has 1 heterocycles. The largest absolute Gasteiger partial charge is 0.475 e. The highest BCUT2D eigenvalue weighted by molar-refractivity contribution is 9.10. The van der Waals surface area contributed by atoms with E-state index >= 15 is 0 Å². The Morgan fingerprint density at radius 2 is 2.43 bits per heavy atom. The standard InChI is InChI=1S/C10H11BrFNO/c1-7(2)3-4-14-10-9(12)5-8(11)6-13-10/h5-6H,1,3-4H2,2H3. The monoisotopic (exact) mass is 259 g/mol. The lowest BCUT2D eigenvalue weighted by Gasteiger charge is -2.05. The minimum Gasteiger partial charge on any atom is -0.475 e. The Hall–Kier alpha value is -0.900. The zero-order valence-electron chi connectivity index (χ0n) is 7.89. The summed E-state index contributed by atoms with van der Waals surface area (Å²) in [5.41, 5.74) is 1.00. The van der Waals surface area contributed by atoms with Gasteiger partial charge in [-0.3, -0.25) is 0 Å². The van der Waals surface area contributed by atoms with Crippen LogP contribution in [0, 0.1) is 5.82 Å². The number of pyridine rings is 1. The van der Waals surface area contributed by atoms with Gasteiger partial charge in [0.05, 0.1) is 6.61 Å². The predicted molar refractivity (Wildman–Crippen MR) is 56.8 cm³/mol. The molecule has 0 unspecified atom stereocenters. The van der Waals surface area contributed by atoms with Gasteiger partial charge >= 0.3 is 0 Å². The summed E-state index contributed by atoms with van der Waals surface area (Å²) in [6, 6.07) is 1.32. The zero-order valence-corrected chi connectivity index (χ0v) is 9.47. The molecule has 0 aliphatic carbocycles. The van der Waals surface area contributed by atoms with Gasteiger partial charge in [-0.2, -0.15) is 0 Å². The number of halogens is 2. The number of hydrogen-bond donors (Lipinski definition) is 0. The summed E-state index contributed by atoms with van der Waals surface area (Å²) >= 11 is 3.12. The first-order valence-corrected chi connectivity index (χ1v) is 4.97. The van der Waals surface area contributed by atoms with Crippen LogP contribution in [0.3, 0.4) is 0 Å². The van der Waals surface area contributed by atoms with E-state index in [0.29, 0.717) is 17.5 Å². The summed E-state index contributed by atoms with van der Waals surface area (Å²) in [5.74, 6) is -0.421. The number of nitrogens with zero attached hydrogens (tertiary/aromatic N) is 1. The molecule has 76 valence electrons. The molecule has 4 heteroatoms. The van der Waals surface area contributed by atoms with Crippen molar-refractivity contribution in [3.05, 3.63) is 34.7 Å². The maximum Gasteiger partial charge on any atom is 0.250 e. The van der Waals surface area contributed by atoms with Gasteiger partial charge in [-0.25, -0.2) is 9.37 Å². The van der Waals surface area contributed by atoms with Gasteiger partial charge in [0.1, 0.15) is 0 Å². The average molecular weight is 260 g/mol.